The van der Waals surface area contributed by atoms with Crippen molar-refractivity contribution in [3.63, 3.8) is 0 Å². The van der Waals surface area contributed by atoms with Crippen molar-refractivity contribution in [3.8, 4) is 5.75 Å². The topological polar surface area (TPSA) is 57.3 Å². The zero-order valence-electron chi connectivity index (χ0n) is 12.9. The van der Waals surface area contributed by atoms with Gasteiger partial charge >= 0.3 is 5.97 Å². The molecule has 1 aliphatic carbocycles. The van der Waals surface area contributed by atoms with E-state index in [2.05, 4.69) is 0 Å². The summed E-state index contributed by atoms with van der Waals surface area (Å²) >= 11 is 5.81. The number of hydrogen-bond acceptors (Lipinski definition) is 5. The Balaban J connectivity index is 1.34. The van der Waals surface area contributed by atoms with Crippen molar-refractivity contribution in [2.75, 3.05) is 20.0 Å². The summed E-state index contributed by atoms with van der Waals surface area (Å²) in [5.74, 6) is 0.299. The first-order chi connectivity index (χ1) is 11.2. The van der Waals surface area contributed by atoms with Gasteiger partial charge in [0.05, 0.1) is 25.2 Å². The van der Waals surface area contributed by atoms with Crippen LogP contribution in [0.4, 0.5) is 0 Å². The standard InChI is InChI=1S/C17H21ClO5/c18-13-3-7-15(8-4-13)23-17(19)12-1-5-14(6-2-12)22-11-20-9-16-10-21-16/h3-4,7-8,12,14,16H,1-2,5-6,9-11H2. The van der Waals surface area contributed by atoms with E-state index in [1.54, 1.807) is 24.3 Å². The number of ether oxygens (including phenoxy) is 4. The highest BCUT2D eigenvalue weighted by molar-refractivity contribution is 6.30. The SMILES string of the molecule is O=C(Oc1ccc(Cl)cc1)C1CCC(OCOCC2CO2)CC1. The molecule has 126 valence electrons. The van der Waals surface area contributed by atoms with Crippen LogP contribution in [0.5, 0.6) is 5.75 Å². The molecule has 0 bridgehead atoms. The highest BCUT2D eigenvalue weighted by Crippen LogP contribution is 2.28. The van der Waals surface area contributed by atoms with Crippen LogP contribution in [0.25, 0.3) is 0 Å². The summed E-state index contributed by atoms with van der Waals surface area (Å²) in [6.45, 7) is 1.69. The number of carbonyl (C=O) groups is 1. The lowest BCUT2D eigenvalue weighted by molar-refractivity contribution is -0.143. The van der Waals surface area contributed by atoms with Gasteiger partial charge in [0, 0.05) is 5.02 Å². The van der Waals surface area contributed by atoms with Gasteiger partial charge in [0.25, 0.3) is 0 Å². The first kappa shape index (κ1) is 16.7. The molecule has 1 atom stereocenters. The average molecular weight is 341 g/mol. The van der Waals surface area contributed by atoms with Crippen LogP contribution in [-0.4, -0.2) is 38.2 Å². The maximum atomic E-state index is 12.2. The maximum Gasteiger partial charge on any atom is 0.314 e. The summed E-state index contributed by atoms with van der Waals surface area (Å²) < 4.78 is 21.5. The van der Waals surface area contributed by atoms with Gasteiger partial charge in [0.15, 0.2) is 0 Å². The molecule has 2 aliphatic rings. The number of epoxide rings is 1. The summed E-state index contributed by atoms with van der Waals surface area (Å²) in [6, 6.07) is 6.83. The van der Waals surface area contributed by atoms with Gasteiger partial charge in [-0.1, -0.05) is 11.6 Å². The quantitative estimate of drug-likeness (QED) is 0.251. The van der Waals surface area contributed by atoms with Crippen LogP contribution < -0.4 is 4.74 Å². The van der Waals surface area contributed by atoms with Gasteiger partial charge in [-0.15, -0.1) is 0 Å². The predicted molar refractivity (Wildman–Crippen MR) is 84.5 cm³/mol. The van der Waals surface area contributed by atoms with E-state index in [0.717, 1.165) is 32.3 Å². The van der Waals surface area contributed by atoms with Crippen molar-refractivity contribution in [1.29, 1.82) is 0 Å². The molecule has 1 aromatic carbocycles. The third-order valence-corrected chi connectivity index (χ3v) is 4.38. The molecule has 0 aromatic heterocycles. The first-order valence-corrected chi connectivity index (χ1v) is 8.36. The van der Waals surface area contributed by atoms with Crippen LogP contribution in [0.2, 0.25) is 5.02 Å². The average Bonchev–Trinajstić information content (AvgIpc) is 3.39. The zero-order chi connectivity index (χ0) is 16.1. The third kappa shape index (κ3) is 5.46. The largest absolute Gasteiger partial charge is 0.426 e. The summed E-state index contributed by atoms with van der Waals surface area (Å²) in [4.78, 5) is 12.2. The summed E-state index contributed by atoms with van der Waals surface area (Å²) in [5.41, 5.74) is 0. The highest BCUT2D eigenvalue weighted by atomic mass is 35.5. The second kappa shape index (κ2) is 8.11. The molecule has 1 heterocycles. The monoisotopic (exact) mass is 340 g/mol. The molecule has 3 rings (SSSR count). The molecule has 6 heteroatoms. The lowest BCUT2D eigenvalue weighted by Crippen LogP contribution is -2.29. The fourth-order valence-corrected chi connectivity index (χ4v) is 2.78. The molecule has 23 heavy (non-hydrogen) atoms. The van der Waals surface area contributed by atoms with Gasteiger partial charge < -0.3 is 18.9 Å². The molecule has 1 saturated heterocycles. The molecule has 1 saturated carbocycles. The van der Waals surface area contributed by atoms with Gasteiger partial charge in [-0.05, 0) is 49.9 Å². The summed E-state index contributed by atoms with van der Waals surface area (Å²) in [7, 11) is 0. The summed E-state index contributed by atoms with van der Waals surface area (Å²) in [5, 5.41) is 0.623. The van der Waals surface area contributed by atoms with Crippen LogP contribution in [0.3, 0.4) is 0 Å². The second-order valence-corrected chi connectivity index (χ2v) is 6.40. The number of hydrogen-bond donors (Lipinski definition) is 0. The fourth-order valence-electron chi connectivity index (χ4n) is 2.66. The Hall–Kier alpha value is -1.14. The van der Waals surface area contributed by atoms with E-state index < -0.39 is 0 Å². The number of rotatable bonds is 7. The lowest BCUT2D eigenvalue weighted by Gasteiger charge is -2.27. The van der Waals surface area contributed by atoms with Crippen molar-refractivity contribution in [3.05, 3.63) is 29.3 Å². The van der Waals surface area contributed by atoms with E-state index in [9.17, 15) is 4.79 Å². The van der Waals surface area contributed by atoms with E-state index in [1.807, 2.05) is 0 Å². The van der Waals surface area contributed by atoms with E-state index in [0.29, 0.717) is 24.2 Å². The normalized spacial score (nSPS) is 26.7. The molecule has 0 amide bonds. The van der Waals surface area contributed by atoms with Crippen molar-refractivity contribution < 1.29 is 23.7 Å². The lowest BCUT2D eigenvalue weighted by atomic mass is 9.87. The Morgan fingerprint density at radius 3 is 2.52 bits per heavy atom. The summed E-state index contributed by atoms with van der Waals surface area (Å²) in [6.07, 6.45) is 3.69. The smallest absolute Gasteiger partial charge is 0.314 e. The Kier molecular flexibility index (Phi) is 5.89. The zero-order valence-corrected chi connectivity index (χ0v) is 13.7. The van der Waals surface area contributed by atoms with Crippen LogP contribution in [0, 0.1) is 5.92 Å². The van der Waals surface area contributed by atoms with Crippen molar-refractivity contribution in [2.24, 2.45) is 5.92 Å². The molecule has 0 N–H and O–H groups in total. The number of halogens is 1. The maximum absolute atomic E-state index is 12.2. The van der Waals surface area contributed by atoms with Crippen molar-refractivity contribution >= 4 is 17.6 Å². The van der Waals surface area contributed by atoms with E-state index >= 15 is 0 Å². The number of carbonyl (C=O) groups excluding carboxylic acids is 1. The minimum atomic E-state index is -0.173. The second-order valence-electron chi connectivity index (χ2n) is 5.96. The van der Waals surface area contributed by atoms with Gasteiger partial charge in [-0.2, -0.15) is 0 Å². The molecule has 1 aromatic rings. The van der Waals surface area contributed by atoms with E-state index in [-0.39, 0.29) is 24.1 Å². The molecule has 5 nitrogen and oxygen atoms in total. The Labute approximate surface area is 140 Å². The fraction of sp³-hybridized carbons (Fsp3) is 0.588. The molecular formula is C17H21ClO5. The number of esters is 1. The van der Waals surface area contributed by atoms with Crippen molar-refractivity contribution in [1.82, 2.24) is 0 Å². The first-order valence-electron chi connectivity index (χ1n) is 7.99. The third-order valence-electron chi connectivity index (χ3n) is 4.13. The van der Waals surface area contributed by atoms with Gasteiger partial charge in [-0.25, -0.2) is 0 Å². The highest BCUT2D eigenvalue weighted by Gasteiger charge is 2.28. The van der Waals surface area contributed by atoms with E-state index in [1.165, 1.54) is 0 Å². The molecule has 0 radical (unpaired) electrons. The Morgan fingerprint density at radius 2 is 1.87 bits per heavy atom. The molecule has 1 aliphatic heterocycles. The minimum Gasteiger partial charge on any atom is -0.426 e. The molecule has 2 fully saturated rings. The van der Waals surface area contributed by atoms with E-state index in [4.69, 9.17) is 30.5 Å². The minimum absolute atomic E-state index is 0.0636. The molecular weight excluding hydrogens is 320 g/mol. The van der Waals surface area contributed by atoms with Crippen molar-refractivity contribution in [2.45, 2.75) is 37.9 Å². The Bertz CT molecular complexity index is 506. The van der Waals surface area contributed by atoms with Gasteiger partial charge in [0.2, 0.25) is 0 Å². The Morgan fingerprint density at radius 1 is 1.17 bits per heavy atom. The van der Waals surface area contributed by atoms with Crippen LogP contribution in [0.1, 0.15) is 25.7 Å². The number of benzene rings is 1. The van der Waals surface area contributed by atoms with Crippen LogP contribution >= 0.6 is 11.6 Å². The van der Waals surface area contributed by atoms with Gasteiger partial charge in [0.1, 0.15) is 18.6 Å². The molecule has 0 spiro atoms. The van der Waals surface area contributed by atoms with Crippen LogP contribution in [-0.2, 0) is 19.0 Å². The van der Waals surface area contributed by atoms with Gasteiger partial charge in [-0.3, -0.25) is 4.79 Å². The van der Waals surface area contributed by atoms with Crippen LogP contribution in [0.15, 0.2) is 24.3 Å². The predicted octanol–water partition coefficient (Wildman–Crippen LogP) is 3.19. The molecule has 1 unspecified atom stereocenters.